The molecule has 1 fully saturated rings. The molecule has 0 amide bonds. The molecule has 1 aromatic rings. The first-order valence-electron chi connectivity index (χ1n) is 8.35. The van der Waals surface area contributed by atoms with Crippen LogP contribution in [-0.2, 0) is 4.79 Å². The molecule has 0 heterocycles. The summed E-state index contributed by atoms with van der Waals surface area (Å²) in [5, 5.41) is 9.63. The number of aliphatic carboxylic acids is 1. The zero-order valence-corrected chi connectivity index (χ0v) is 13.7. The highest BCUT2D eigenvalue weighted by Gasteiger charge is 2.28. The summed E-state index contributed by atoms with van der Waals surface area (Å²) in [5.41, 5.74) is 1.55. The van der Waals surface area contributed by atoms with Gasteiger partial charge in [-0.2, -0.15) is 0 Å². The van der Waals surface area contributed by atoms with Crippen LogP contribution in [0, 0.1) is 23.5 Å². The molecular weight excluding hydrogens is 298 g/mol. The third-order valence-corrected chi connectivity index (χ3v) is 4.66. The second-order valence-corrected chi connectivity index (χ2v) is 6.54. The Morgan fingerprint density at radius 3 is 2.57 bits per heavy atom. The van der Waals surface area contributed by atoms with Gasteiger partial charge in [0.25, 0.3) is 0 Å². The van der Waals surface area contributed by atoms with Gasteiger partial charge in [-0.25, -0.2) is 13.6 Å². The van der Waals surface area contributed by atoms with Gasteiger partial charge in [-0.1, -0.05) is 39.2 Å². The van der Waals surface area contributed by atoms with Crippen LogP contribution in [0.3, 0.4) is 0 Å². The third-order valence-electron chi connectivity index (χ3n) is 4.66. The van der Waals surface area contributed by atoms with E-state index in [9.17, 15) is 18.7 Å². The molecule has 23 heavy (non-hydrogen) atoms. The van der Waals surface area contributed by atoms with Crippen molar-refractivity contribution in [1.29, 1.82) is 0 Å². The predicted molar refractivity (Wildman–Crippen MR) is 86.9 cm³/mol. The standard InChI is InChI=1S/C19H24F2O2/c1-3-5-15(19(22)23)18(13-7-4-6-12(2)10-13)14-8-9-16(20)17(21)11-14/h8-9,11-13H,3-7,10H2,1-2H3,(H,22,23)/b18-15+. The normalized spacial score (nSPS) is 22.6. The minimum Gasteiger partial charge on any atom is -0.478 e. The topological polar surface area (TPSA) is 37.3 Å². The molecule has 1 saturated carbocycles. The molecule has 0 radical (unpaired) electrons. The molecule has 126 valence electrons. The fourth-order valence-corrected chi connectivity index (χ4v) is 3.62. The number of hydrogen-bond donors (Lipinski definition) is 1. The zero-order chi connectivity index (χ0) is 17.0. The van der Waals surface area contributed by atoms with E-state index < -0.39 is 17.6 Å². The SMILES string of the molecule is CCC/C(C(=O)O)=C(\c1ccc(F)c(F)c1)C1CCCC(C)C1. The van der Waals surface area contributed by atoms with E-state index in [2.05, 4.69) is 6.92 Å². The van der Waals surface area contributed by atoms with Gasteiger partial charge in [-0.15, -0.1) is 0 Å². The molecule has 2 unspecified atom stereocenters. The molecular formula is C19H24F2O2. The second-order valence-electron chi connectivity index (χ2n) is 6.54. The van der Waals surface area contributed by atoms with Gasteiger partial charge in [0.05, 0.1) is 0 Å². The van der Waals surface area contributed by atoms with Gasteiger partial charge >= 0.3 is 5.97 Å². The molecule has 1 aromatic carbocycles. The molecule has 2 atom stereocenters. The van der Waals surface area contributed by atoms with Crippen molar-refractivity contribution < 1.29 is 18.7 Å². The van der Waals surface area contributed by atoms with Crippen molar-refractivity contribution in [1.82, 2.24) is 0 Å². The third kappa shape index (κ3) is 4.18. The van der Waals surface area contributed by atoms with Crippen LogP contribution < -0.4 is 0 Å². The van der Waals surface area contributed by atoms with Crippen molar-refractivity contribution in [3.05, 3.63) is 41.0 Å². The molecule has 0 saturated heterocycles. The van der Waals surface area contributed by atoms with Crippen LogP contribution in [0.1, 0.15) is 57.9 Å². The maximum absolute atomic E-state index is 13.7. The average Bonchev–Trinajstić information content (AvgIpc) is 2.50. The lowest BCUT2D eigenvalue weighted by Crippen LogP contribution is -2.18. The Hall–Kier alpha value is -1.71. The van der Waals surface area contributed by atoms with Crippen LogP contribution in [-0.4, -0.2) is 11.1 Å². The maximum atomic E-state index is 13.7. The first kappa shape index (κ1) is 17.6. The molecule has 0 bridgehead atoms. The Morgan fingerprint density at radius 2 is 2.00 bits per heavy atom. The van der Waals surface area contributed by atoms with Crippen LogP contribution in [0.4, 0.5) is 8.78 Å². The van der Waals surface area contributed by atoms with Crippen molar-refractivity contribution in [3.8, 4) is 0 Å². The predicted octanol–water partition coefficient (Wildman–Crippen LogP) is 5.43. The molecule has 0 aliphatic heterocycles. The molecule has 1 N–H and O–H groups in total. The Bertz CT molecular complexity index is 607. The van der Waals surface area contributed by atoms with E-state index in [4.69, 9.17) is 0 Å². The molecule has 2 rings (SSSR count). The minimum atomic E-state index is -0.954. The minimum absolute atomic E-state index is 0.0984. The second kappa shape index (κ2) is 7.71. The lowest BCUT2D eigenvalue weighted by Gasteiger charge is -2.30. The van der Waals surface area contributed by atoms with E-state index >= 15 is 0 Å². The summed E-state index contributed by atoms with van der Waals surface area (Å²) in [5.74, 6) is -2.17. The lowest BCUT2D eigenvalue weighted by molar-refractivity contribution is -0.132. The summed E-state index contributed by atoms with van der Waals surface area (Å²) < 4.78 is 27.0. The lowest BCUT2D eigenvalue weighted by atomic mass is 9.74. The largest absolute Gasteiger partial charge is 0.478 e. The monoisotopic (exact) mass is 322 g/mol. The summed E-state index contributed by atoms with van der Waals surface area (Å²) in [4.78, 5) is 11.8. The van der Waals surface area contributed by atoms with Gasteiger partial charge in [-0.05, 0) is 54.4 Å². The Morgan fingerprint density at radius 1 is 1.26 bits per heavy atom. The first-order valence-corrected chi connectivity index (χ1v) is 8.35. The summed E-state index contributed by atoms with van der Waals surface area (Å²) in [6.45, 7) is 4.09. The van der Waals surface area contributed by atoms with Crippen LogP contribution in [0.25, 0.3) is 5.57 Å². The first-order chi connectivity index (χ1) is 10.9. The van der Waals surface area contributed by atoms with Gasteiger partial charge < -0.3 is 5.11 Å². The van der Waals surface area contributed by atoms with Crippen molar-refractivity contribution in [2.75, 3.05) is 0 Å². The number of allylic oxidation sites excluding steroid dienone is 1. The Kier molecular flexibility index (Phi) is 5.91. The number of benzene rings is 1. The van der Waals surface area contributed by atoms with Crippen LogP contribution in [0.2, 0.25) is 0 Å². The number of carboxylic acid groups (broad SMARTS) is 1. The van der Waals surface area contributed by atoms with Crippen LogP contribution >= 0.6 is 0 Å². The summed E-state index contributed by atoms with van der Waals surface area (Å²) in [7, 11) is 0. The Labute approximate surface area is 136 Å². The van der Waals surface area contributed by atoms with Crippen LogP contribution in [0.5, 0.6) is 0 Å². The van der Waals surface area contributed by atoms with Gasteiger partial charge in [0.15, 0.2) is 11.6 Å². The molecule has 0 aromatic heterocycles. The van der Waals surface area contributed by atoms with E-state index in [1.54, 1.807) is 0 Å². The van der Waals surface area contributed by atoms with E-state index in [0.717, 1.165) is 37.8 Å². The van der Waals surface area contributed by atoms with Crippen LogP contribution in [0.15, 0.2) is 23.8 Å². The summed E-state index contributed by atoms with van der Waals surface area (Å²) >= 11 is 0. The van der Waals surface area contributed by atoms with Gasteiger partial charge in [0.2, 0.25) is 0 Å². The molecule has 2 nitrogen and oxygen atoms in total. The summed E-state index contributed by atoms with van der Waals surface area (Å²) in [6.07, 6.45) is 5.12. The molecule has 1 aliphatic carbocycles. The highest BCUT2D eigenvalue weighted by molar-refractivity contribution is 5.97. The fourth-order valence-electron chi connectivity index (χ4n) is 3.62. The quantitative estimate of drug-likeness (QED) is 0.734. The van der Waals surface area contributed by atoms with Crippen molar-refractivity contribution in [3.63, 3.8) is 0 Å². The van der Waals surface area contributed by atoms with E-state index in [-0.39, 0.29) is 5.92 Å². The van der Waals surface area contributed by atoms with E-state index in [1.165, 1.54) is 6.07 Å². The van der Waals surface area contributed by atoms with Crippen molar-refractivity contribution >= 4 is 11.5 Å². The highest BCUT2D eigenvalue weighted by atomic mass is 19.2. The average molecular weight is 322 g/mol. The number of hydrogen-bond acceptors (Lipinski definition) is 1. The van der Waals surface area contributed by atoms with Gasteiger partial charge in [0.1, 0.15) is 0 Å². The van der Waals surface area contributed by atoms with Gasteiger partial charge in [-0.3, -0.25) is 0 Å². The Balaban J connectivity index is 2.55. The maximum Gasteiger partial charge on any atom is 0.331 e. The summed E-state index contributed by atoms with van der Waals surface area (Å²) in [6, 6.07) is 3.73. The molecule has 0 spiro atoms. The van der Waals surface area contributed by atoms with E-state index in [1.807, 2.05) is 6.92 Å². The zero-order valence-electron chi connectivity index (χ0n) is 13.7. The molecule has 1 aliphatic rings. The number of halogens is 2. The number of carboxylic acids is 1. The number of carbonyl (C=O) groups is 1. The number of rotatable bonds is 5. The fraction of sp³-hybridized carbons (Fsp3) is 0.526. The van der Waals surface area contributed by atoms with Crippen molar-refractivity contribution in [2.24, 2.45) is 11.8 Å². The smallest absolute Gasteiger partial charge is 0.331 e. The molecule has 4 heteroatoms. The highest BCUT2D eigenvalue weighted by Crippen LogP contribution is 2.40. The van der Waals surface area contributed by atoms with E-state index in [0.29, 0.717) is 35.5 Å². The van der Waals surface area contributed by atoms with Gasteiger partial charge in [0, 0.05) is 5.57 Å². The van der Waals surface area contributed by atoms with Crippen molar-refractivity contribution in [2.45, 2.75) is 52.4 Å².